The minimum Gasteiger partial charge on any atom is -0.399 e. The topological polar surface area (TPSA) is 76.7 Å². The van der Waals surface area contributed by atoms with Crippen LogP contribution in [0.1, 0.15) is 0 Å². The van der Waals surface area contributed by atoms with E-state index < -0.39 is 0 Å². The summed E-state index contributed by atoms with van der Waals surface area (Å²) in [7, 11) is 0. The van der Waals surface area contributed by atoms with Gasteiger partial charge >= 0.3 is 0 Å². The molecule has 5 nitrogen and oxygen atoms in total. The van der Waals surface area contributed by atoms with Crippen molar-refractivity contribution in [2.24, 2.45) is 0 Å². The second-order valence-electron chi connectivity index (χ2n) is 3.84. The van der Waals surface area contributed by atoms with E-state index in [2.05, 4.69) is 20.3 Å². The zero-order chi connectivity index (χ0) is 12.4. The number of hydrogen-bond acceptors (Lipinski definition) is 5. The van der Waals surface area contributed by atoms with Gasteiger partial charge in [0, 0.05) is 23.8 Å². The van der Waals surface area contributed by atoms with Gasteiger partial charge in [-0.2, -0.15) is 0 Å². The zero-order valence-electron chi connectivity index (χ0n) is 9.54. The van der Waals surface area contributed by atoms with Gasteiger partial charge in [-0.25, -0.2) is 9.97 Å². The Balaban J connectivity index is 1.92. The molecule has 2 heterocycles. The number of fused-ring (bicyclic) bond motifs is 1. The van der Waals surface area contributed by atoms with Crippen molar-refractivity contribution in [1.29, 1.82) is 0 Å². The maximum Gasteiger partial charge on any atom is 0.180 e. The molecule has 0 aliphatic rings. The van der Waals surface area contributed by atoms with E-state index in [9.17, 15) is 0 Å². The lowest BCUT2D eigenvalue weighted by molar-refractivity contribution is 1.22. The van der Waals surface area contributed by atoms with E-state index in [0.717, 1.165) is 22.7 Å². The van der Waals surface area contributed by atoms with Crippen LogP contribution in [-0.4, -0.2) is 15.0 Å². The van der Waals surface area contributed by atoms with Gasteiger partial charge in [0.2, 0.25) is 0 Å². The summed E-state index contributed by atoms with van der Waals surface area (Å²) >= 11 is 0. The quantitative estimate of drug-likeness (QED) is 0.669. The number of anilines is 3. The fourth-order valence-electron chi connectivity index (χ4n) is 1.64. The first kappa shape index (κ1) is 10.5. The summed E-state index contributed by atoms with van der Waals surface area (Å²) < 4.78 is 0. The minimum absolute atomic E-state index is 0.623. The Morgan fingerprint density at radius 3 is 2.50 bits per heavy atom. The van der Waals surface area contributed by atoms with Crippen LogP contribution in [0, 0.1) is 0 Å². The molecular weight excluding hydrogens is 226 g/mol. The first-order chi connectivity index (χ1) is 8.81. The maximum atomic E-state index is 5.63. The third-order valence-electron chi connectivity index (χ3n) is 2.51. The maximum absolute atomic E-state index is 5.63. The first-order valence-electron chi connectivity index (χ1n) is 5.51. The van der Waals surface area contributed by atoms with Gasteiger partial charge in [0.1, 0.15) is 11.3 Å². The lowest BCUT2D eigenvalue weighted by atomic mass is 10.3. The van der Waals surface area contributed by atoms with Crippen LogP contribution in [0.4, 0.5) is 17.2 Å². The van der Waals surface area contributed by atoms with Crippen LogP contribution in [0.25, 0.3) is 11.2 Å². The van der Waals surface area contributed by atoms with Gasteiger partial charge in [0.05, 0.1) is 0 Å². The van der Waals surface area contributed by atoms with Crippen molar-refractivity contribution >= 4 is 28.4 Å². The molecule has 0 bridgehead atoms. The normalized spacial score (nSPS) is 10.4. The minimum atomic E-state index is 0.623. The highest BCUT2D eigenvalue weighted by Gasteiger charge is 2.00. The largest absolute Gasteiger partial charge is 0.399 e. The third-order valence-corrected chi connectivity index (χ3v) is 2.51. The van der Waals surface area contributed by atoms with Crippen molar-refractivity contribution in [1.82, 2.24) is 15.0 Å². The standard InChI is InChI=1S/C13H11N5/c14-9-1-3-10(4-2-9)17-12-6-5-11-13(18-12)16-8-7-15-11/h1-8H,14H2,(H,16,17,18). The van der Waals surface area contributed by atoms with Crippen LogP contribution in [0.2, 0.25) is 0 Å². The number of nitrogens with one attached hydrogen (secondary N) is 1. The molecule has 3 rings (SSSR count). The molecule has 0 saturated carbocycles. The van der Waals surface area contributed by atoms with E-state index >= 15 is 0 Å². The lowest BCUT2D eigenvalue weighted by Gasteiger charge is -2.06. The Morgan fingerprint density at radius 2 is 1.67 bits per heavy atom. The number of nitrogens with zero attached hydrogens (tertiary/aromatic N) is 3. The van der Waals surface area contributed by atoms with Crippen molar-refractivity contribution in [3.8, 4) is 0 Å². The molecule has 18 heavy (non-hydrogen) atoms. The fourth-order valence-corrected chi connectivity index (χ4v) is 1.64. The van der Waals surface area contributed by atoms with Crippen LogP contribution in [-0.2, 0) is 0 Å². The molecule has 0 amide bonds. The third kappa shape index (κ3) is 2.06. The average Bonchev–Trinajstić information content (AvgIpc) is 2.41. The van der Waals surface area contributed by atoms with E-state index in [1.54, 1.807) is 12.4 Å². The van der Waals surface area contributed by atoms with E-state index in [1.807, 2.05) is 36.4 Å². The Hall–Kier alpha value is -2.69. The molecule has 3 N–H and O–H groups in total. The van der Waals surface area contributed by atoms with Crippen molar-refractivity contribution in [2.75, 3.05) is 11.1 Å². The summed E-state index contributed by atoms with van der Waals surface area (Å²) in [6.45, 7) is 0. The number of aromatic nitrogens is 3. The first-order valence-corrected chi connectivity index (χ1v) is 5.51. The fraction of sp³-hybridized carbons (Fsp3) is 0. The van der Waals surface area contributed by atoms with Crippen LogP contribution in [0.3, 0.4) is 0 Å². The van der Waals surface area contributed by atoms with E-state index in [0.29, 0.717) is 5.65 Å². The van der Waals surface area contributed by atoms with Gasteiger partial charge in [0.25, 0.3) is 0 Å². The highest BCUT2D eigenvalue weighted by Crippen LogP contribution is 2.17. The second-order valence-corrected chi connectivity index (χ2v) is 3.84. The molecule has 5 heteroatoms. The Bertz CT molecular complexity index is 678. The molecule has 0 aliphatic carbocycles. The molecule has 0 saturated heterocycles. The molecule has 0 fully saturated rings. The van der Waals surface area contributed by atoms with Gasteiger partial charge in [-0.15, -0.1) is 0 Å². The van der Waals surface area contributed by atoms with Crippen LogP contribution < -0.4 is 11.1 Å². The van der Waals surface area contributed by atoms with Crippen molar-refractivity contribution < 1.29 is 0 Å². The van der Waals surface area contributed by atoms with Gasteiger partial charge in [0.15, 0.2) is 5.65 Å². The summed E-state index contributed by atoms with van der Waals surface area (Å²) in [5.41, 5.74) is 8.70. The van der Waals surface area contributed by atoms with E-state index in [-0.39, 0.29) is 0 Å². The van der Waals surface area contributed by atoms with Gasteiger partial charge in [-0.05, 0) is 36.4 Å². The molecule has 0 atom stereocenters. The van der Waals surface area contributed by atoms with Gasteiger partial charge < -0.3 is 11.1 Å². The number of nitrogens with two attached hydrogens (primary N) is 1. The molecule has 1 aromatic carbocycles. The summed E-state index contributed by atoms with van der Waals surface area (Å²) in [4.78, 5) is 12.7. The summed E-state index contributed by atoms with van der Waals surface area (Å²) in [5.74, 6) is 0.729. The smallest absolute Gasteiger partial charge is 0.180 e. The predicted octanol–water partition coefficient (Wildman–Crippen LogP) is 2.35. The number of hydrogen-bond donors (Lipinski definition) is 2. The molecule has 3 aromatic rings. The Kier molecular flexibility index (Phi) is 2.49. The number of benzene rings is 1. The number of pyridine rings is 1. The Labute approximate surface area is 104 Å². The van der Waals surface area contributed by atoms with Crippen molar-refractivity contribution in [3.63, 3.8) is 0 Å². The molecule has 0 aliphatic heterocycles. The van der Waals surface area contributed by atoms with E-state index in [1.165, 1.54) is 0 Å². The summed E-state index contributed by atoms with van der Waals surface area (Å²) in [5, 5.41) is 3.19. The average molecular weight is 237 g/mol. The summed E-state index contributed by atoms with van der Waals surface area (Å²) in [6.07, 6.45) is 3.28. The highest BCUT2D eigenvalue weighted by atomic mass is 15.0. The molecular formula is C13H11N5. The lowest BCUT2D eigenvalue weighted by Crippen LogP contribution is -1.95. The van der Waals surface area contributed by atoms with Crippen molar-refractivity contribution in [3.05, 3.63) is 48.8 Å². The zero-order valence-corrected chi connectivity index (χ0v) is 9.54. The molecule has 0 unspecified atom stereocenters. The molecule has 0 radical (unpaired) electrons. The molecule has 0 spiro atoms. The van der Waals surface area contributed by atoms with Crippen LogP contribution in [0.5, 0.6) is 0 Å². The number of rotatable bonds is 2. The molecule has 2 aromatic heterocycles. The van der Waals surface area contributed by atoms with Gasteiger partial charge in [-0.3, -0.25) is 4.98 Å². The van der Waals surface area contributed by atoms with Crippen LogP contribution in [0.15, 0.2) is 48.8 Å². The van der Waals surface area contributed by atoms with E-state index in [4.69, 9.17) is 5.73 Å². The van der Waals surface area contributed by atoms with Crippen molar-refractivity contribution in [2.45, 2.75) is 0 Å². The van der Waals surface area contributed by atoms with Crippen LogP contribution >= 0.6 is 0 Å². The molecule has 88 valence electrons. The Morgan fingerprint density at radius 1 is 0.889 bits per heavy atom. The second kappa shape index (κ2) is 4.29. The SMILES string of the molecule is Nc1ccc(Nc2ccc3nccnc3n2)cc1. The summed E-state index contributed by atoms with van der Waals surface area (Å²) in [6, 6.07) is 11.2. The van der Waals surface area contributed by atoms with Gasteiger partial charge in [-0.1, -0.05) is 0 Å². The predicted molar refractivity (Wildman–Crippen MR) is 71.5 cm³/mol. The highest BCUT2D eigenvalue weighted by molar-refractivity contribution is 5.73. The number of nitrogen functional groups attached to an aromatic ring is 1. The monoisotopic (exact) mass is 237 g/mol.